The van der Waals surface area contributed by atoms with Gasteiger partial charge in [-0.1, -0.05) is 223 Å². The molecule has 0 saturated heterocycles. The highest BCUT2D eigenvalue weighted by Crippen LogP contribution is 2.43. The number of ether oxygens (including phenoxy) is 3. The molecule has 3 atom stereocenters. The Hall–Kier alpha value is -2.56. The van der Waals surface area contributed by atoms with Crippen LogP contribution in [-0.2, 0) is 42.2 Å². The van der Waals surface area contributed by atoms with Crippen LogP contribution >= 0.6 is 7.82 Å². The van der Waals surface area contributed by atoms with Gasteiger partial charge in [-0.25, -0.2) is 4.57 Å². The lowest BCUT2D eigenvalue weighted by atomic mass is 10.1. The van der Waals surface area contributed by atoms with Crippen LogP contribution < -0.4 is 0 Å². The molecule has 2 N–H and O–H groups in total. The molecule has 74 heavy (non-hydrogen) atoms. The van der Waals surface area contributed by atoms with E-state index >= 15 is 0 Å². The van der Waals surface area contributed by atoms with Gasteiger partial charge in [-0.3, -0.25) is 23.4 Å². The molecule has 0 aliphatic heterocycles. The highest BCUT2D eigenvalue weighted by atomic mass is 31.2. The fraction of sp³-hybridized carbons (Fsp3) is 0.823. The first-order chi connectivity index (χ1) is 36.2. The molecular weight excluding hydrogens is 952 g/mol. The first kappa shape index (κ1) is 71.4. The quantitative estimate of drug-likeness (QED) is 0.0197. The maximum absolute atomic E-state index is 12.9. The molecule has 0 fully saturated rings. The molecule has 11 nitrogen and oxygen atoms in total. The number of carbonyl (C=O) groups excluding carboxylic acids is 3. The molecule has 0 aromatic rings. The number of allylic oxidation sites excluding steroid dienone is 8. The lowest BCUT2D eigenvalue weighted by Crippen LogP contribution is -2.30. The first-order valence-corrected chi connectivity index (χ1v) is 32.0. The van der Waals surface area contributed by atoms with Gasteiger partial charge in [0.1, 0.15) is 12.7 Å². The van der Waals surface area contributed by atoms with Crippen molar-refractivity contribution in [3.8, 4) is 0 Å². The zero-order valence-corrected chi connectivity index (χ0v) is 48.7. The Labute approximate surface area is 453 Å². The second kappa shape index (κ2) is 56.6. The van der Waals surface area contributed by atoms with Crippen molar-refractivity contribution in [2.75, 3.05) is 26.4 Å². The van der Waals surface area contributed by atoms with Crippen molar-refractivity contribution in [2.45, 2.75) is 303 Å². The van der Waals surface area contributed by atoms with Gasteiger partial charge < -0.3 is 24.2 Å². The summed E-state index contributed by atoms with van der Waals surface area (Å²) >= 11 is 0. The Kier molecular flexibility index (Phi) is 54.7. The van der Waals surface area contributed by atoms with Crippen molar-refractivity contribution in [3.05, 3.63) is 48.6 Å². The van der Waals surface area contributed by atoms with Crippen LogP contribution in [0.3, 0.4) is 0 Å². The van der Waals surface area contributed by atoms with Crippen molar-refractivity contribution < 1.29 is 52.2 Å². The summed E-state index contributed by atoms with van der Waals surface area (Å²) in [5.41, 5.74) is 0. The summed E-state index contributed by atoms with van der Waals surface area (Å²) in [6.45, 7) is 4.59. The number of phosphoric acid groups is 1. The maximum atomic E-state index is 12.9. The molecule has 0 saturated carbocycles. The van der Waals surface area contributed by atoms with Crippen LogP contribution in [0.15, 0.2) is 48.6 Å². The van der Waals surface area contributed by atoms with Gasteiger partial charge in [0.15, 0.2) is 6.10 Å². The number of aliphatic hydroxyl groups excluding tert-OH is 1. The van der Waals surface area contributed by atoms with Crippen molar-refractivity contribution in [1.82, 2.24) is 0 Å². The van der Waals surface area contributed by atoms with E-state index in [0.29, 0.717) is 19.3 Å². The van der Waals surface area contributed by atoms with Crippen LogP contribution in [0.2, 0.25) is 0 Å². The van der Waals surface area contributed by atoms with Crippen LogP contribution in [0, 0.1) is 0 Å². The summed E-state index contributed by atoms with van der Waals surface area (Å²) in [4.78, 5) is 48.6. The van der Waals surface area contributed by atoms with E-state index in [9.17, 15) is 28.9 Å². The summed E-state index contributed by atoms with van der Waals surface area (Å²) in [5, 5.41) is 9.80. The van der Waals surface area contributed by atoms with Crippen LogP contribution in [0.5, 0.6) is 0 Å². The third-order valence-corrected chi connectivity index (χ3v) is 14.1. The van der Waals surface area contributed by atoms with Crippen LogP contribution in [0.1, 0.15) is 290 Å². The van der Waals surface area contributed by atoms with E-state index in [-0.39, 0.29) is 25.9 Å². The first-order valence-electron chi connectivity index (χ1n) is 30.5. The molecule has 0 spiro atoms. The van der Waals surface area contributed by atoms with E-state index in [0.717, 1.165) is 89.9 Å². The van der Waals surface area contributed by atoms with E-state index < -0.39 is 57.8 Å². The maximum Gasteiger partial charge on any atom is 0.472 e. The van der Waals surface area contributed by atoms with Gasteiger partial charge in [0.05, 0.1) is 19.8 Å². The largest absolute Gasteiger partial charge is 0.472 e. The van der Waals surface area contributed by atoms with Crippen LogP contribution in [-0.4, -0.2) is 66.5 Å². The van der Waals surface area contributed by atoms with Crippen molar-refractivity contribution in [1.29, 1.82) is 0 Å². The Balaban J connectivity index is 4.71. The standard InChI is InChI=1S/C62H113O11P/c1-4-7-10-13-16-19-22-24-26-28-29-31-33-35-38-41-44-47-50-53-62(66)73-59(55-69-60(64)51-48-45-42-39-37-34-32-30-27-25-23-20-17-14-11-8-5-2)57-71-74(67,68)70-56-58(54-63)72-61(65)52-49-46-43-40-36-21-18-15-12-9-6-3/h15,17-18,20,24-27,58-59,63H,4-14,16,19,21-23,28-57H2,1-3H3,(H,67,68)/b18-15-,20-17-,26-24-,27-25-. The molecule has 0 heterocycles. The molecular formula is C62H113O11P. The highest BCUT2D eigenvalue weighted by molar-refractivity contribution is 7.47. The Bertz CT molecular complexity index is 1430. The molecule has 0 bridgehead atoms. The van der Waals surface area contributed by atoms with Crippen molar-refractivity contribution in [2.24, 2.45) is 0 Å². The molecule has 0 aromatic heterocycles. The van der Waals surface area contributed by atoms with Gasteiger partial charge in [0.2, 0.25) is 0 Å². The number of hydrogen-bond acceptors (Lipinski definition) is 10. The summed E-state index contributed by atoms with van der Waals surface area (Å²) in [7, 11) is -4.75. The van der Waals surface area contributed by atoms with Gasteiger partial charge in [-0.05, 0) is 96.3 Å². The second-order valence-corrected chi connectivity index (χ2v) is 22.0. The predicted molar refractivity (Wildman–Crippen MR) is 307 cm³/mol. The van der Waals surface area contributed by atoms with E-state index in [2.05, 4.69) is 69.4 Å². The van der Waals surface area contributed by atoms with Gasteiger partial charge in [-0.2, -0.15) is 0 Å². The average molecular weight is 1070 g/mol. The Morgan fingerprint density at radius 2 is 0.676 bits per heavy atom. The van der Waals surface area contributed by atoms with Crippen LogP contribution in [0.4, 0.5) is 0 Å². The molecule has 0 amide bonds. The predicted octanol–water partition coefficient (Wildman–Crippen LogP) is 18.1. The summed E-state index contributed by atoms with van der Waals surface area (Å²) in [6.07, 6.45) is 60.7. The minimum Gasteiger partial charge on any atom is -0.462 e. The number of unbranched alkanes of at least 4 members (excludes halogenated alkanes) is 32. The number of rotatable bonds is 57. The van der Waals surface area contributed by atoms with Crippen molar-refractivity contribution >= 4 is 25.7 Å². The fourth-order valence-corrected chi connectivity index (χ4v) is 9.26. The number of hydrogen-bond donors (Lipinski definition) is 2. The normalized spacial score (nSPS) is 13.6. The number of carbonyl (C=O) groups is 3. The third kappa shape index (κ3) is 54.2. The SMILES string of the molecule is CCCC/C=C\CCCCCCCC(=O)OC(CO)COP(=O)(O)OCC(COC(=O)CCCCCCCCC/C=C\C/C=C\CCCCC)OC(=O)CCCCCCCCCCC/C=C\CCCCCCCC. The van der Waals surface area contributed by atoms with E-state index in [4.69, 9.17) is 23.3 Å². The average Bonchev–Trinajstić information content (AvgIpc) is 3.39. The zero-order chi connectivity index (χ0) is 54.1. The third-order valence-electron chi connectivity index (χ3n) is 13.2. The van der Waals surface area contributed by atoms with Gasteiger partial charge in [-0.15, -0.1) is 0 Å². The second-order valence-electron chi connectivity index (χ2n) is 20.5. The molecule has 0 aromatic carbocycles. The topological polar surface area (TPSA) is 155 Å². The molecule has 0 radical (unpaired) electrons. The lowest BCUT2D eigenvalue weighted by Gasteiger charge is -2.21. The van der Waals surface area contributed by atoms with E-state index in [1.165, 1.54) is 141 Å². The number of esters is 3. The summed E-state index contributed by atoms with van der Waals surface area (Å²) in [5.74, 6) is -1.47. The minimum atomic E-state index is -4.75. The Morgan fingerprint density at radius 1 is 0.378 bits per heavy atom. The lowest BCUT2D eigenvalue weighted by molar-refractivity contribution is -0.161. The monoisotopic (exact) mass is 1060 g/mol. The smallest absolute Gasteiger partial charge is 0.462 e. The summed E-state index contributed by atoms with van der Waals surface area (Å²) < 4.78 is 39.6. The molecule has 12 heteroatoms. The Morgan fingerprint density at radius 3 is 1.08 bits per heavy atom. The van der Waals surface area contributed by atoms with Crippen molar-refractivity contribution in [3.63, 3.8) is 0 Å². The molecule has 432 valence electrons. The number of aliphatic hydroxyl groups is 1. The zero-order valence-electron chi connectivity index (χ0n) is 47.8. The van der Waals surface area contributed by atoms with E-state index in [1.807, 2.05) is 0 Å². The highest BCUT2D eigenvalue weighted by Gasteiger charge is 2.28. The fourth-order valence-electron chi connectivity index (χ4n) is 8.48. The molecule has 0 aliphatic carbocycles. The van der Waals surface area contributed by atoms with E-state index in [1.54, 1.807) is 0 Å². The van der Waals surface area contributed by atoms with Crippen LogP contribution in [0.25, 0.3) is 0 Å². The summed E-state index contributed by atoms with van der Waals surface area (Å²) in [6, 6.07) is 0. The number of phosphoric ester groups is 1. The van der Waals surface area contributed by atoms with Gasteiger partial charge in [0, 0.05) is 19.3 Å². The molecule has 0 aliphatic rings. The molecule has 3 unspecified atom stereocenters. The van der Waals surface area contributed by atoms with Gasteiger partial charge in [0.25, 0.3) is 0 Å². The van der Waals surface area contributed by atoms with Gasteiger partial charge >= 0.3 is 25.7 Å². The molecule has 0 rings (SSSR count). The minimum absolute atomic E-state index is 0.165.